The maximum Gasteiger partial charge on any atom is 0.381 e. The molecular weight excluding hydrogens is 400 g/mol. The molecule has 166 valence electrons. The Balaban J connectivity index is 1.44. The number of nitrogens with zero attached hydrogens (tertiary/aromatic N) is 5. The number of carbonyl (C=O) groups is 2. The van der Waals surface area contributed by atoms with Gasteiger partial charge in [-0.1, -0.05) is 18.2 Å². The molecule has 0 bridgehead atoms. The molecule has 10 nitrogen and oxygen atoms in total. The number of piperazine rings is 1. The van der Waals surface area contributed by atoms with Gasteiger partial charge in [0.05, 0.1) is 6.54 Å². The number of nitro groups is 1. The van der Waals surface area contributed by atoms with Crippen LogP contribution in [0.1, 0.15) is 23.4 Å². The Morgan fingerprint density at radius 1 is 1.13 bits per heavy atom. The predicted octanol–water partition coefficient (Wildman–Crippen LogP) is 1.89. The second-order valence-electron chi connectivity index (χ2n) is 7.82. The molecule has 1 aliphatic heterocycles. The fourth-order valence-corrected chi connectivity index (χ4v) is 3.73. The van der Waals surface area contributed by atoms with Crippen molar-refractivity contribution in [1.82, 2.24) is 19.4 Å². The third-order valence-corrected chi connectivity index (χ3v) is 5.55. The SMILES string of the molecule is Cc1cccc(C)c1NC(=O)CN1CCN(C(=O)CCn2cc([N+](=O)[O-])nc2C)CC1. The van der Waals surface area contributed by atoms with Gasteiger partial charge in [-0.25, -0.2) is 0 Å². The van der Waals surface area contributed by atoms with Gasteiger partial charge in [0.2, 0.25) is 17.6 Å². The van der Waals surface area contributed by atoms with Crippen LogP contribution in [0.25, 0.3) is 0 Å². The Bertz CT molecular complexity index is 958. The Kier molecular flexibility index (Phi) is 7.01. The quantitative estimate of drug-likeness (QED) is 0.532. The van der Waals surface area contributed by atoms with Crippen molar-refractivity contribution in [2.24, 2.45) is 0 Å². The maximum atomic E-state index is 12.5. The van der Waals surface area contributed by atoms with Crippen molar-refractivity contribution in [1.29, 1.82) is 0 Å². The smallest absolute Gasteiger partial charge is 0.358 e. The van der Waals surface area contributed by atoms with Crippen molar-refractivity contribution in [3.63, 3.8) is 0 Å². The summed E-state index contributed by atoms with van der Waals surface area (Å²) in [5.74, 6) is 0.238. The minimum absolute atomic E-state index is 0.00427. The number of aryl methyl sites for hydroxylation is 4. The van der Waals surface area contributed by atoms with E-state index in [1.807, 2.05) is 36.9 Å². The van der Waals surface area contributed by atoms with Gasteiger partial charge in [0, 0.05) is 51.8 Å². The van der Waals surface area contributed by atoms with Crippen molar-refractivity contribution in [3.05, 3.63) is 51.5 Å². The number of amides is 2. The summed E-state index contributed by atoms with van der Waals surface area (Å²) >= 11 is 0. The molecule has 2 heterocycles. The van der Waals surface area contributed by atoms with Crippen molar-refractivity contribution < 1.29 is 14.5 Å². The van der Waals surface area contributed by atoms with Crippen LogP contribution in [0.2, 0.25) is 0 Å². The van der Waals surface area contributed by atoms with Crippen LogP contribution in [-0.4, -0.2) is 68.8 Å². The van der Waals surface area contributed by atoms with Crippen LogP contribution in [0.15, 0.2) is 24.4 Å². The van der Waals surface area contributed by atoms with Crippen LogP contribution in [0.3, 0.4) is 0 Å². The summed E-state index contributed by atoms with van der Waals surface area (Å²) in [5, 5.41) is 13.8. The fourth-order valence-electron chi connectivity index (χ4n) is 3.73. The van der Waals surface area contributed by atoms with Crippen molar-refractivity contribution in [2.75, 3.05) is 38.0 Å². The molecule has 0 aliphatic carbocycles. The summed E-state index contributed by atoms with van der Waals surface area (Å²) in [6, 6.07) is 5.90. The van der Waals surface area contributed by atoms with Crippen molar-refractivity contribution in [3.8, 4) is 0 Å². The number of nitrogens with one attached hydrogen (secondary N) is 1. The van der Waals surface area contributed by atoms with E-state index in [4.69, 9.17) is 0 Å². The number of para-hydroxylation sites is 1. The highest BCUT2D eigenvalue weighted by molar-refractivity contribution is 5.93. The number of anilines is 1. The Morgan fingerprint density at radius 3 is 2.35 bits per heavy atom. The number of hydrogen-bond donors (Lipinski definition) is 1. The van der Waals surface area contributed by atoms with Gasteiger partial charge in [-0.05, 0) is 34.9 Å². The van der Waals surface area contributed by atoms with E-state index in [0.717, 1.165) is 16.8 Å². The van der Waals surface area contributed by atoms with Crippen LogP contribution in [0.4, 0.5) is 11.5 Å². The number of rotatable bonds is 7. The van der Waals surface area contributed by atoms with E-state index in [1.165, 1.54) is 6.20 Å². The molecule has 0 atom stereocenters. The summed E-state index contributed by atoms with van der Waals surface area (Å²) < 4.78 is 1.63. The highest BCUT2D eigenvalue weighted by Crippen LogP contribution is 2.19. The standard InChI is InChI=1S/C21H28N6O4/c1-15-5-4-6-16(2)21(15)23-19(28)14-24-9-11-25(12-10-24)20(29)7-8-26-13-18(27(30)31)22-17(26)3/h4-6,13H,7-12,14H2,1-3H3,(H,23,28). The van der Waals surface area contributed by atoms with E-state index in [2.05, 4.69) is 10.3 Å². The number of benzene rings is 1. The van der Waals surface area contributed by atoms with E-state index in [1.54, 1.807) is 16.4 Å². The monoisotopic (exact) mass is 428 g/mol. The van der Waals surface area contributed by atoms with E-state index in [0.29, 0.717) is 38.5 Å². The first-order chi connectivity index (χ1) is 14.7. The minimum Gasteiger partial charge on any atom is -0.358 e. The van der Waals surface area contributed by atoms with E-state index in [9.17, 15) is 19.7 Å². The number of imidazole rings is 1. The lowest BCUT2D eigenvalue weighted by atomic mass is 10.1. The van der Waals surface area contributed by atoms with Crippen LogP contribution < -0.4 is 5.32 Å². The van der Waals surface area contributed by atoms with E-state index < -0.39 is 4.92 Å². The van der Waals surface area contributed by atoms with E-state index >= 15 is 0 Å². The average Bonchev–Trinajstić information content (AvgIpc) is 3.10. The molecule has 2 aromatic rings. The second-order valence-corrected chi connectivity index (χ2v) is 7.82. The molecule has 3 rings (SSSR count). The lowest BCUT2D eigenvalue weighted by Crippen LogP contribution is -2.50. The molecular formula is C21H28N6O4. The van der Waals surface area contributed by atoms with Crippen LogP contribution >= 0.6 is 0 Å². The van der Waals surface area contributed by atoms with E-state index in [-0.39, 0.29) is 30.6 Å². The lowest BCUT2D eigenvalue weighted by Gasteiger charge is -2.34. The summed E-state index contributed by atoms with van der Waals surface area (Å²) in [5.41, 5.74) is 2.92. The van der Waals surface area contributed by atoms with Gasteiger partial charge in [-0.15, -0.1) is 0 Å². The number of hydrogen-bond acceptors (Lipinski definition) is 6. The van der Waals surface area contributed by atoms with Gasteiger partial charge in [0.15, 0.2) is 0 Å². The van der Waals surface area contributed by atoms with Crippen LogP contribution in [0.5, 0.6) is 0 Å². The normalized spacial score (nSPS) is 14.5. The Morgan fingerprint density at radius 2 is 1.77 bits per heavy atom. The van der Waals surface area contributed by atoms with Gasteiger partial charge in [-0.3, -0.25) is 14.5 Å². The maximum absolute atomic E-state index is 12.5. The third-order valence-electron chi connectivity index (χ3n) is 5.55. The van der Waals surface area contributed by atoms with Gasteiger partial charge in [-0.2, -0.15) is 0 Å². The van der Waals surface area contributed by atoms with Gasteiger partial charge in [0.25, 0.3) is 0 Å². The summed E-state index contributed by atoms with van der Waals surface area (Å²) in [4.78, 5) is 42.9. The average molecular weight is 428 g/mol. The zero-order chi connectivity index (χ0) is 22.5. The fraction of sp³-hybridized carbons (Fsp3) is 0.476. The van der Waals surface area contributed by atoms with Crippen LogP contribution in [-0.2, 0) is 16.1 Å². The Labute approximate surface area is 181 Å². The topological polar surface area (TPSA) is 114 Å². The predicted molar refractivity (Wildman–Crippen MR) is 116 cm³/mol. The molecule has 1 saturated heterocycles. The highest BCUT2D eigenvalue weighted by atomic mass is 16.6. The van der Waals surface area contributed by atoms with Crippen molar-refractivity contribution >= 4 is 23.3 Å². The minimum atomic E-state index is -0.541. The molecule has 1 aliphatic rings. The summed E-state index contributed by atoms with van der Waals surface area (Å²) in [7, 11) is 0. The number of carbonyl (C=O) groups excluding carboxylic acids is 2. The van der Waals surface area contributed by atoms with Gasteiger partial charge >= 0.3 is 5.82 Å². The molecule has 1 fully saturated rings. The first kappa shape index (κ1) is 22.4. The molecule has 1 aromatic carbocycles. The largest absolute Gasteiger partial charge is 0.381 e. The molecule has 0 unspecified atom stereocenters. The molecule has 0 radical (unpaired) electrons. The van der Waals surface area contributed by atoms with Crippen LogP contribution in [0, 0.1) is 30.9 Å². The highest BCUT2D eigenvalue weighted by Gasteiger charge is 2.23. The van der Waals surface area contributed by atoms with Crippen molar-refractivity contribution in [2.45, 2.75) is 33.7 Å². The molecule has 1 N–H and O–H groups in total. The zero-order valence-corrected chi connectivity index (χ0v) is 18.1. The summed E-state index contributed by atoms with van der Waals surface area (Å²) in [6.45, 7) is 8.62. The molecule has 31 heavy (non-hydrogen) atoms. The van der Waals surface area contributed by atoms with Gasteiger partial charge in [0.1, 0.15) is 6.20 Å². The molecule has 0 saturated carbocycles. The first-order valence-corrected chi connectivity index (χ1v) is 10.3. The third kappa shape index (κ3) is 5.66. The lowest BCUT2D eigenvalue weighted by molar-refractivity contribution is -0.389. The molecule has 2 amide bonds. The molecule has 0 spiro atoms. The number of aromatic nitrogens is 2. The zero-order valence-electron chi connectivity index (χ0n) is 18.1. The first-order valence-electron chi connectivity index (χ1n) is 10.3. The summed E-state index contributed by atoms with van der Waals surface area (Å²) in [6.07, 6.45) is 1.61. The molecule has 1 aromatic heterocycles. The Hall–Kier alpha value is -3.27. The molecule has 10 heteroatoms. The second kappa shape index (κ2) is 9.69. The van der Waals surface area contributed by atoms with Gasteiger partial charge < -0.3 is 24.9 Å².